The quantitative estimate of drug-likeness (QED) is 0.807. The summed E-state index contributed by atoms with van der Waals surface area (Å²) in [7, 11) is 2.04. The summed E-state index contributed by atoms with van der Waals surface area (Å²) in [5.74, 6) is 0. The van der Waals surface area contributed by atoms with Gasteiger partial charge in [0.25, 0.3) is 0 Å². The molecule has 0 unspecified atom stereocenters. The van der Waals surface area contributed by atoms with E-state index in [1.54, 1.807) is 0 Å². The zero-order valence-electron chi connectivity index (χ0n) is 8.73. The highest BCUT2D eigenvalue weighted by Crippen LogP contribution is 2.40. The number of halogens is 1. The lowest BCUT2D eigenvalue weighted by molar-refractivity contribution is 0.547. The Labute approximate surface area is 90.5 Å². The number of likely N-dealkylation sites (N-methyl/N-ethyl adjacent to an activating group) is 1. The minimum absolute atomic E-state index is 0.343. The molecule has 0 aromatic heterocycles. The van der Waals surface area contributed by atoms with Crippen LogP contribution in [-0.4, -0.2) is 12.6 Å². The predicted octanol–water partition coefficient (Wildman–Crippen LogP) is 2.94. The van der Waals surface area contributed by atoms with E-state index in [1.807, 2.05) is 19.2 Å². The smallest absolute Gasteiger partial charge is 0.0441 e. The second-order valence-corrected chi connectivity index (χ2v) is 4.65. The molecule has 1 N–H and O–H groups in total. The number of benzene rings is 1. The maximum Gasteiger partial charge on any atom is 0.0441 e. The SMILES string of the molecule is CNC1(Cc2c(C)cccc2Cl)CC1. The van der Waals surface area contributed by atoms with E-state index in [0.29, 0.717) is 5.54 Å². The highest BCUT2D eigenvalue weighted by atomic mass is 35.5. The van der Waals surface area contributed by atoms with E-state index < -0.39 is 0 Å². The topological polar surface area (TPSA) is 12.0 Å². The summed E-state index contributed by atoms with van der Waals surface area (Å²) in [6, 6.07) is 6.13. The number of aryl methyl sites for hydroxylation is 1. The summed E-state index contributed by atoms with van der Waals surface area (Å²) in [6.07, 6.45) is 3.61. The van der Waals surface area contributed by atoms with Crippen LogP contribution in [0.25, 0.3) is 0 Å². The van der Waals surface area contributed by atoms with Crippen LogP contribution in [0.15, 0.2) is 18.2 Å². The van der Waals surface area contributed by atoms with E-state index in [2.05, 4.69) is 18.3 Å². The Morgan fingerprint density at radius 1 is 1.43 bits per heavy atom. The van der Waals surface area contributed by atoms with Gasteiger partial charge in [-0.1, -0.05) is 23.7 Å². The zero-order valence-corrected chi connectivity index (χ0v) is 9.49. The molecule has 1 aromatic rings. The van der Waals surface area contributed by atoms with Crippen LogP contribution in [0.1, 0.15) is 24.0 Å². The average Bonchev–Trinajstić information content (AvgIpc) is 2.93. The lowest BCUT2D eigenvalue weighted by atomic mass is 10.00. The van der Waals surface area contributed by atoms with E-state index >= 15 is 0 Å². The molecular weight excluding hydrogens is 194 g/mol. The normalized spacial score (nSPS) is 18.2. The zero-order chi connectivity index (χ0) is 10.2. The van der Waals surface area contributed by atoms with Crippen molar-refractivity contribution in [2.75, 3.05) is 7.05 Å². The van der Waals surface area contributed by atoms with Crippen molar-refractivity contribution < 1.29 is 0 Å². The summed E-state index contributed by atoms with van der Waals surface area (Å²) in [5.41, 5.74) is 2.95. The number of hydrogen-bond acceptors (Lipinski definition) is 1. The Bertz CT molecular complexity index is 322. The van der Waals surface area contributed by atoms with Gasteiger partial charge < -0.3 is 5.32 Å². The average molecular weight is 210 g/mol. The van der Waals surface area contributed by atoms with Crippen molar-refractivity contribution in [1.29, 1.82) is 0 Å². The van der Waals surface area contributed by atoms with Crippen LogP contribution in [0.3, 0.4) is 0 Å². The van der Waals surface area contributed by atoms with Crippen LogP contribution in [0.5, 0.6) is 0 Å². The maximum atomic E-state index is 6.19. The molecule has 14 heavy (non-hydrogen) atoms. The maximum absolute atomic E-state index is 6.19. The van der Waals surface area contributed by atoms with E-state index in [-0.39, 0.29) is 0 Å². The summed E-state index contributed by atoms with van der Waals surface area (Å²) in [6.45, 7) is 2.13. The van der Waals surface area contributed by atoms with Gasteiger partial charge in [0, 0.05) is 10.6 Å². The van der Waals surface area contributed by atoms with Gasteiger partial charge in [0.2, 0.25) is 0 Å². The number of hydrogen-bond donors (Lipinski definition) is 1. The van der Waals surface area contributed by atoms with Crippen molar-refractivity contribution in [3.8, 4) is 0 Å². The van der Waals surface area contributed by atoms with Crippen LogP contribution < -0.4 is 5.32 Å². The molecule has 1 fully saturated rings. The van der Waals surface area contributed by atoms with Gasteiger partial charge >= 0.3 is 0 Å². The van der Waals surface area contributed by atoms with Gasteiger partial charge in [-0.15, -0.1) is 0 Å². The highest BCUT2D eigenvalue weighted by Gasteiger charge is 2.41. The first kappa shape index (κ1) is 10.0. The van der Waals surface area contributed by atoms with Gasteiger partial charge in [0.05, 0.1) is 0 Å². The fourth-order valence-electron chi connectivity index (χ4n) is 1.89. The van der Waals surface area contributed by atoms with Gasteiger partial charge in [-0.3, -0.25) is 0 Å². The summed E-state index contributed by atoms with van der Waals surface area (Å²) in [5, 5.41) is 4.31. The molecule has 1 aromatic carbocycles. The Morgan fingerprint density at radius 3 is 2.64 bits per heavy atom. The molecule has 1 aliphatic rings. The predicted molar refractivity (Wildman–Crippen MR) is 60.9 cm³/mol. The van der Waals surface area contributed by atoms with Crippen LogP contribution in [0.4, 0.5) is 0 Å². The van der Waals surface area contributed by atoms with E-state index in [1.165, 1.54) is 24.0 Å². The number of nitrogens with one attached hydrogen (secondary N) is 1. The lowest BCUT2D eigenvalue weighted by Gasteiger charge is -2.16. The van der Waals surface area contributed by atoms with Gasteiger partial charge in [-0.05, 0) is 50.4 Å². The van der Waals surface area contributed by atoms with Crippen molar-refractivity contribution in [2.24, 2.45) is 0 Å². The molecule has 0 spiro atoms. The van der Waals surface area contributed by atoms with Gasteiger partial charge in [0.15, 0.2) is 0 Å². The molecule has 1 aliphatic carbocycles. The standard InChI is InChI=1S/C12H16ClN/c1-9-4-3-5-11(13)10(9)8-12(14-2)6-7-12/h3-5,14H,6-8H2,1-2H3. The minimum atomic E-state index is 0.343. The Kier molecular flexibility index (Phi) is 2.54. The molecule has 0 saturated heterocycles. The highest BCUT2D eigenvalue weighted by molar-refractivity contribution is 6.31. The Balaban J connectivity index is 2.24. The molecule has 0 atom stereocenters. The Hall–Kier alpha value is -0.530. The third kappa shape index (κ3) is 1.79. The summed E-state index contributed by atoms with van der Waals surface area (Å²) in [4.78, 5) is 0. The molecule has 76 valence electrons. The van der Waals surface area contributed by atoms with Crippen LogP contribution in [-0.2, 0) is 6.42 Å². The largest absolute Gasteiger partial charge is 0.314 e. The van der Waals surface area contributed by atoms with Crippen molar-refractivity contribution >= 4 is 11.6 Å². The first-order valence-corrected chi connectivity index (χ1v) is 5.48. The van der Waals surface area contributed by atoms with E-state index in [9.17, 15) is 0 Å². The molecule has 1 nitrogen and oxygen atoms in total. The van der Waals surface area contributed by atoms with Crippen molar-refractivity contribution in [3.05, 3.63) is 34.3 Å². The van der Waals surface area contributed by atoms with Crippen LogP contribution in [0.2, 0.25) is 5.02 Å². The summed E-state index contributed by atoms with van der Waals surface area (Å²) >= 11 is 6.19. The third-order valence-corrected chi connectivity index (χ3v) is 3.61. The van der Waals surface area contributed by atoms with Crippen LogP contribution >= 0.6 is 11.6 Å². The minimum Gasteiger partial charge on any atom is -0.314 e. The molecule has 2 heteroatoms. The molecule has 1 saturated carbocycles. The van der Waals surface area contributed by atoms with Crippen molar-refractivity contribution in [1.82, 2.24) is 5.32 Å². The van der Waals surface area contributed by atoms with Crippen LogP contribution in [0, 0.1) is 6.92 Å². The first-order chi connectivity index (χ1) is 6.67. The first-order valence-electron chi connectivity index (χ1n) is 5.10. The molecule has 0 radical (unpaired) electrons. The molecule has 0 heterocycles. The van der Waals surface area contributed by atoms with E-state index in [4.69, 9.17) is 11.6 Å². The second-order valence-electron chi connectivity index (χ2n) is 4.24. The van der Waals surface area contributed by atoms with Crippen molar-refractivity contribution in [3.63, 3.8) is 0 Å². The molecule has 2 rings (SSSR count). The number of rotatable bonds is 3. The molecule has 0 bridgehead atoms. The van der Waals surface area contributed by atoms with Gasteiger partial charge in [0.1, 0.15) is 0 Å². The fourth-order valence-corrected chi connectivity index (χ4v) is 2.18. The summed E-state index contributed by atoms with van der Waals surface area (Å²) < 4.78 is 0. The van der Waals surface area contributed by atoms with Crippen molar-refractivity contribution in [2.45, 2.75) is 31.7 Å². The van der Waals surface area contributed by atoms with Gasteiger partial charge in [-0.25, -0.2) is 0 Å². The molecule has 0 aliphatic heterocycles. The third-order valence-electron chi connectivity index (χ3n) is 3.25. The molecule has 0 amide bonds. The fraction of sp³-hybridized carbons (Fsp3) is 0.500. The van der Waals surface area contributed by atoms with Gasteiger partial charge in [-0.2, -0.15) is 0 Å². The lowest BCUT2D eigenvalue weighted by Crippen LogP contribution is -2.29. The molecular formula is C12H16ClN. The Morgan fingerprint density at radius 2 is 2.14 bits per heavy atom. The monoisotopic (exact) mass is 209 g/mol. The van der Waals surface area contributed by atoms with E-state index in [0.717, 1.165) is 11.4 Å². The second kappa shape index (κ2) is 3.56.